The number of para-hydroxylation sites is 1. The molecule has 0 aliphatic carbocycles. The van der Waals surface area contributed by atoms with Crippen molar-refractivity contribution in [2.45, 2.75) is 6.42 Å². The molecule has 0 bridgehead atoms. The number of anilines is 1. The fourth-order valence-electron chi connectivity index (χ4n) is 1.96. The predicted molar refractivity (Wildman–Crippen MR) is 86.9 cm³/mol. The van der Waals surface area contributed by atoms with Gasteiger partial charge in [0.15, 0.2) is 6.54 Å². The number of quaternary nitrogens is 1. The second-order valence-corrected chi connectivity index (χ2v) is 5.62. The van der Waals surface area contributed by atoms with Crippen molar-refractivity contribution in [1.29, 1.82) is 0 Å². The Morgan fingerprint density at radius 3 is 2.36 bits per heavy atom. The summed E-state index contributed by atoms with van der Waals surface area (Å²) in [7, 11) is 0. The van der Waals surface area contributed by atoms with Gasteiger partial charge in [-0.2, -0.15) is 0 Å². The quantitative estimate of drug-likeness (QED) is 0.779. The molecule has 2 aromatic rings. The maximum absolute atomic E-state index is 12.8. The molecule has 0 radical (unpaired) electrons. The van der Waals surface area contributed by atoms with E-state index in [1.807, 2.05) is 5.32 Å². The summed E-state index contributed by atoms with van der Waals surface area (Å²) < 4.78 is 12.8. The van der Waals surface area contributed by atoms with Crippen LogP contribution in [0.5, 0.6) is 0 Å². The van der Waals surface area contributed by atoms with E-state index < -0.39 is 0 Å². The lowest BCUT2D eigenvalue weighted by molar-refractivity contribution is -0.643. The first-order valence-electron chi connectivity index (χ1n) is 6.86. The van der Waals surface area contributed by atoms with Gasteiger partial charge in [-0.25, -0.2) is 4.39 Å². The first kappa shape index (κ1) is 16.7. The lowest BCUT2D eigenvalue weighted by atomic mass is 10.1. The van der Waals surface area contributed by atoms with E-state index >= 15 is 0 Å². The molecule has 0 unspecified atom stereocenters. The second-order valence-electron chi connectivity index (χ2n) is 4.80. The molecule has 2 rings (SSSR count). The van der Waals surface area contributed by atoms with E-state index in [9.17, 15) is 9.18 Å². The Labute approximate surface area is 138 Å². The van der Waals surface area contributed by atoms with Crippen molar-refractivity contribution in [1.82, 2.24) is 0 Å². The average Bonchev–Trinajstić information content (AvgIpc) is 2.49. The van der Waals surface area contributed by atoms with Crippen molar-refractivity contribution < 1.29 is 14.5 Å². The van der Waals surface area contributed by atoms with Gasteiger partial charge in [0, 0.05) is 6.42 Å². The number of nitrogens with two attached hydrogens (primary N) is 1. The zero-order chi connectivity index (χ0) is 15.9. The first-order valence-corrected chi connectivity index (χ1v) is 7.62. The number of nitrogens with one attached hydrogen (secondary N) is 1. The summed E-state index contributed by atoms with van der Waals surface area (Å²) in [5, 5.41) is 5.40. The molecule has 3 nitrogen and oxygen atoms in total. The number of benzene rings is 2. The number of amides is 1. The Hall–Kier alpha value is -1.62. The zero-order valence-electron chi connectivity index (χ0n) is 11.8. The summed E-state index contributed by atoms with van der Waals surface area (Å²) in [6.45, 7) is 0.998. The van der Waals surface area contributed by atoms with Gasteiger partial charge in [-0.15, -0.1) is 0 Å². The topological polar surface area (TPSA) is 45.7 Å². The Bertz CT molecular complexity index is 627. The molecule has 0 spiro atoms. The third-order valence-electron chi connectivity index (χ3n) is 3.11. The Morgan fingerprint density at radius 2 is 1.73 bits per heavy atom. The third kappa shape index (κ3) is 4.98. The minimum Gasteiger partial charge on any atom is -0.338 e. The summed E-state index contributed by atoms with van der Waals surface area (Å²) in [6, 6.07) is 11.4. The number of hydrogen-bond acceptors (Lipinski definition) is 1. The molecule has 3 N–H and O–H groups in total. The van der Waals surface area contributed by atoms with Crippen molar-refractivity contribution in [2.75, 3.05) is 18.4 Å². The first-order chi connectivity index (χ1) is 10.6. The largest absolute Gasteiger partial charge is 0.338 e. The average molecular weight is 342 g/mol. The SMILES string of the molecule is O=C(C[NH2+]CCc1ccc(F)cc1)Nc1c(Cl)cccc1Cl. The second kappa shape index (κ2) is 8.13. The number of rotatable bonds is 6. The molecule has 0 saturated heterocycles. The van der Waals surface area contributed by atoms with E-state index in [0.29, 0.717) is 15.7 Å². The van der Waals surface area contributed by atoms with Crippen LogP contribution in [0.25, 0.3) is 0 Å². The molecule has 0 heterocycles. The fourth-order valence-corrected chi connectivity index (χ4v) is 2.45. The van der Waals surface area contributed by atoms with E-state index in [1.165, 1.54) is 12.1 Å². The minimum atomic E-state index is -0.247. The van der Waals surface area contributed by atoms with Gasteiger partial charge in [0.1, 0.15) is 5.82 Å². The predicted octanol–water partition coefficient (Wildman–Crippen LogP) is 2.88. The summed E-state index contributed by atoms with van der Waals surface area (Å²) in [5.41, 5.74) is 1.47. The van der Waals surface area contributed by atoms with E-state index in [-0.39, 0.29) is 18.3 Å². The molecule has 0 aliphatic heterocycles. The lowest BCUT2D eigenvalue weighted by Gasteiger charge is -2.08. The number of hydrogen-bond donors (Lipinski definition) is 2. The summed E-state index contributed by atoms with van der Waals surface area (Å²) in [4.78, 5) is 11.9. The van der Waals surface area contributed by atoms with Crippen LogP contribution in [0.4, 0.5) is 10.1 Å². The van der Waals surface area contributed by atoms with Crippen LogP contribution in [0.15, 0.2) is 42.5 Å². The summed E-state index contributed by atoms with van der Waals surface area (Å²) >= 11 is 12.0. The molecule has 116 valence electrons. The molecular formula is C16H16Cl2FN2O+. The smallest absolute Gasteiger partial charge is 0.279 e. The molecular weight excluding hydrogens is 326 g/mol. The van der Waals surface area contributed by atoms with Crippen molar-refractivity contribution in [3.05, 3.63) is 63.9 Å². The maximum atomic E-state index is 12.8. The van der Waals surface area contributed by atoms with Crippen LogP contribution < -0.4 is 10.6 Å². The maximum Gasteiger partial charge on any atom is 0.279 e. The summed E-state index contributed by atoms with van der Waals surface area (Å²) in [5.74, 6) is -0.419. The van der Waals surface area contributed by atoms with Crippen LogP contribution in [0.3, 0.4) is 0 Å². The van der Waals surface area contributed by atoms with Crippen LogP contribution in [-0.4, -0.2) is 19.0 Å². The molecule has 0 fully saturated rings. The molecule has 0 atom stereocenters. The van der Waals surface area contributed by atoms with Crippen LogP contribution in [-0.2, 0) is 11.2 Å². The van der Waals surface area contributed by atoms with Gasteiger partial charge in [-0.3, -0.25) is 4.79 Å². The van der Waals surface area contributed by atoms with E-state index in [0.717, 1.165) is 18.5 Å². The third-order valence-corrected chi connectivity index (χ3v) is 3.74. The molecule has 0 aromatic heterocycles. The van der Waals surface area contributed by atoms with E-state index in [2.05, 4.69) is 5.32 Å². The van der Waals surface area contributed by atoms with Crippen LogP contribution in [0.2, 0.25) is 10.0 Å². The van der Waals surface area contributed by atoms with Gasteiger partial charge in [-0.1, -0.05) is 41.4 Å². The molecule has 6 heteroatoms. The highest BCUT2D eigenvalue weighted by Crippen LogP contribution is 2.29. The molecule has 0 saturated carbocycles. The van der Waals surface area contributed by atoms with Crippen LogP contribution in [0, 0.1) is 5.82 Å². The fraction of sp³-hybridized carbons (Fsp3) is 0.188. The van der Waals surface area contributed by atoms with Crippen molar-refractivity contribution in [3.8, 4) is 0 Å². The Balaban J connectivity index is 1.75. The Kier molecular flexibility index (Phi) is 6.19. The van der Waals surface area contributed by atoms with Crippen molar-refractivity contribution in [2.24, 2.45) is 0 Å². The highest BCUT2D eigenvalue weighted by atomic mass is 35.5. The molecule has 22 heavy (non-hydrogen) atoms. The van der Waals surface area contributed by atoms with E-state index in [1.54, 1.807) is 30.3 Å². The highest BCUT2D eigenvalue weighted by molar-refractivity contribution is 6.39. The number of halogens is 3. The monoisotopic (exact) mass is 341 g/mol. The molecule has 0 aliphatic rings. The summed E-state index contributed by atoms with van der Waals surface area (Å²) in [6.07, 6.45) is 0.764. The normalized spacial score (nSPS) is 10.5. The molecule has 1 amide bonds. The van der Waals surface area contributed by atoms with Crippen LogP contribution in [0.1, 0.15) is 5.56 Å². The van der Waals surface area contributed by atoms with Crippen molar-refractivity contribution in [3.63, 3.8) is 0 Å². The van der Waals surface area contributed by atoms with Gasteiger partial charge in [0.05, 0.1) is 22.3 Å². The standard InChI is InChI=1S/C16H15Cl2FN2O/c17-13-2-1-3-14(18)16(13)21-15(22)10-20-9-8-11-4-6-12(19)7-5-11/h1-7,20H,8-10H2,(H,21,22)/p+1. The highest BCUT2D eigenvalue weighted by Gasteiger charge is 2.10. The van der Waals surface area contributed by atoms with Gasteiger partial charge in [0.25, 0.3) is 5.91 Å². The number of carbonyl (C=O) groups is 1. The van der Waals surface area contributed by atoms with Crippen LogP contribution >= 0.6 is 23.2 Å². The van der Waals surface area contributed by atoms with Gasteiger partial charge >= 0.3 is 0 Å². The van der Waals surface area contributed by atoms with Gasteiger partial charge < -0.3 is 10.6 Å². The molecule has 2 aromatic carbocycles. The van der Waals surface area contributed by atoms with E-state index in [4.69, 9.17) is 23.2 Å². The van der Waals surface area contributed by atoms with Gasteiger partial charge in [0.2, 0.25) is 0 Å². The zero-order valence-corrected chi connectivity index (χ0v) is 13.3. The van der Waals surface area contributed by atoms with Gasteiger partial charge in [-0.05, 0) is 29.8 Å². The Morgan fingerprint density at radius 1 is 1.09 bits per heavy atom. The van der Waals surface area contributed by atoms with Crippen molar-refractivity contribution >= 4 is 34.8 Å². The number of carbonyl (C=O) groups excluding carboxylic acids is 1. The lowest BCUT2D eigenvalue weighted by Crippen LogP contribution is -2.86. The minimum absolute atomic E-state index is 0.172.